The van der Waals surface area contributed by atoms with Crippen LogP contribution in [0.4, 0.5) is 20.3 Å². The van der Waals surface area contributed by atoms with Crippen LogP contribution in [0, 0.1) is 18.6 Å². The minimum Gasteiger partial charge on any atom is -0.455 e. The molecule has 0 aliphatic heterocycles. The first-order chi connectivity index (χ1) is 12.8. The first-order valence-electron chi connectivity index (χ1n) is 7.55. The van der Waals surface area contributed by atoms with Crippen molar-refractivity contribution in [1.29, 1.82) is 0 Å². The van der Waals surface area contributed by atoms with E-state index in [0.717, 1.165) is 30.0 Å². The molecule has 8 nitrogen and oxygen atoms in total. The van der Waals surface area contributed by atoms with Crippen molar-refractivity contribution in [2.24, 2.45) is 0 Å². The Hall–Kier alpha value is -2.95. The van der Waals surface area contributed by atoms with Crippen LogP contribution in [0.5, 0.6) is 0 Å². The van der Waals surface area contributed by atoms with E-state index in [1.165, 1.54) is 6.07 Å². The molecule has 11 heteroatoms. The number of hydrogen-bond donors (Lipinski definition) is 2. The number of amides is 2. The molecule has 0 saturated carbocycles. The van der Waals surface area contributed by atoms with E-state index in [2.05, 4.69) is 15.2 Å². The summed E-state index contributed by atoms with van der Waals surface area (Å²) in [6, 6.07) is 4.64. The number of benzene rings is 1. The molecule has 2 rings (SSSR count). The first-order valence-corrected chi connectivity index (χ1v) is 8.71. The normalized spacial score (nSPS) is 10.3. The monoisotopic (exact) mass is 399 g/mol. The maximum Gasteiger partial charge on any atom is 0.316 e. The van der Waals surface area contributed by atoms with Crippen LogP contribution in [0.15, 0.2) is 28.8 Å². The highest BCUT2D eigenvalue weighted by molar-refractivity contribution is 8.00. The molecule has 1 heterocycles. The lowest BCUT2D eigenvalue weighted by molar-refractivity contribution is -0.144. The number of aromatic nitrogens is 1. The Morgan fingerprint density at radius 1 is 1.15 bits per heavy atom. The molecule has 2 aromatic rings. The highest BCUT2D eigenvalue weighted by Gasteiger charge is 2.14. The van der Waals surface area contributed by atoms with Crippen molar-refractivity contribution in [3.63, 3.8) is 0 Å². The van der Waals surface area contributed by atoms with Crippen LogP contribution in [-0.4, -0.2) is 41.1 Å². The van der Waals surface area contributed by atoms with Gasteiger partial charge in [-0.2, -0.15) is 0 Å². The number of nitrogens with zero attached hydrogens (tertiary/aromatic N) is 1. The smallest absolute Gasteiger partial charge is 0.316 e. The quantitative estimate of drug-likeness (QED) is 0.654. The van der Waals surface area contributed by atoms with Crippen LogP contribution in [0.25, 0.3) is 0 Å². The number of ether oxygens (including phenoxy) is 1. The fraction of sp³-hybridized carbons (Fsp3) is 0.250. The predicted octanol–water partition coefficient (Wildman–Crippen LogP) is 2.11. The summed E-state index contributed by atoms with van der Waals surface area (Å²) in [6.45, 7) is 0.960. The van der Waals surface area contributed by atoms with E-state index in [9.17, 15) is 23.2 Å². The molecule has 0 aliphatic rings. The van der Waals surface area contributed by atoms with Gasteiger partial charge in [0.05, 0.1) is 11.5 Å². The summed E-state index contributed by atoms with van der Waals surface area (Å²) in [5.74, 6) is -3.37. The SMILES string of the molecule is Cc1cc(NC(=O)CSCC(=O)OCC(=O)Nc2c(F)cccc2F)no1. The second kappa shape index (κ2) is 9.67. The Kier molecular flexibility index (Phi) is 7.29. The second-order valence-corrected chi connectivity index (χ2v) is 6.15. The Bertz CT molecular complexity index is 823. The predicted molar refractivity (Wildman–Crippen MR) is 93.1 cm³/mol. The van der Waals surface area contributed by atoms with Gasteiger partial charge in [0.2, 0.25) is 5.91 Å². The number of hydrogen-bond acceptors (Lipinski definition) is 7. The zero-order valence-corrected chi connectivity index (χ0v) is 14.9. The standard InChI is InChI=1S/C16H15F2N3O5S/c1-9-5-12(21-26-9)19-14(23)7-27-8-15(24)25-6-13(22)20-16-10(17)3-2-4-11(16)18/h2-5H,6-8H2,1H3,(H,20,22)(H,19,21,23). The Labute approximate surface area is 156 Å². The van der Waals surface area contributed by atoms with E-state index in [1.54, 1.807) is 6.92 Å². The minimum atomic E-state index is -0.946. The number of nitrogens with one attached hydrogen (secondary N) is 2. The van der Waals surface area contributed by atoms with Crippen molar-refractivity contribution in [1.82, 2.24) is 5.16 Å². The number of halogens is 2. The number of carbonyl (C=O) groups excluding carboxylic acids is 3. The molecule has 0 bridgehead atoms. The highest BCUT2D eigenvalue weighted by Crippen LogP contribution is 2.17. The lowest BCUT2D eigenvalue weighted by Crippen LogP contribution is -2.23. The van der Waals surface area contributed by atoms with Crippen LogP contribution in [0.2, 0.25) is 0 Å². The van der Waals surface area contributed by atoms with Crippen molar-refractivity contribution in [3.8, 4) is 0 Å². The maximum atomic E-state index is 13.4. The summed E-state index contributed by atoms with van der Waals surface area (Å²) >= 11 is 0.959. The molecule has 2 N–H and O–H groups in total. The number of aryl methyl sites for hydroxylation is 1. The molecule has 0 aliphatic carbocycles. The van der Waals surface area contributed by atoms with Gasteiger partial charge in [0, 0.05) is 6.07 Å². The third-order valence-electron chi connectivity index (χ3n) is 2.94. The zero-order chi connectivity index (χ0) is 19.8. The number of anilines is 2. The Balaban J connectivity index is 1.65. The number of carbonyl (C=O) groups is 3. The maximum absolute atomic E-state index is 13.4. The minimum absolute atomic E-state index is 0.0480. The Morgan fingerprint density at radius 2 is 1.85 bits per heavy atom. The fourth-order valence-corrected chi connectivity index (χ4v) is 2.42. The van der Waals surface area contributed by atoms with Gasteiger partial charge < -0.3 is 19.9 Å². The number of thioether (sulfide) groups is 1. The molecule has 27 heavy (non-hydrogen) atoms. The van der Waals surface area contributed by atoms with Gasteiger partial charge in [0.25, 0.3) is 5.91 Å². The molecule has 0 unspecified atom stereocenters. The third-order valence-corrected chi connectivity index (χ3v) is 3.85. The lowest BCUT2D eigenvalue weighted by atomic mass is 10.3. The van der Waals surface area contributed by atoms with E-state index in [0.29, 0.717) is 5.76 Å². The molecule has 0 spiro atoms. The summed E-state index contributed by atoms with van der Waals surface area (Å²) in [7, 11) is 0. The number of esters is 1. The van der Waals surface area contributed by atoms with E-state index in [1.807, 2.05) is 5.32 Å². The van der Waals surface area contributed by atoms with Gasteiger partial charge in [-0.05, 0) is 19.1 Å². The van der Waals surface area contributed by atoms with Crippen LogP contribution in [-0.2, 0) is 19.1 Å². The van der Waals surface area contributed by atoms with Gasteiger partial charge in [-0.3, -0.25) is 14.4 Å². The molecular formula is C16H15F2N3O5S. The topological polar surface area (TPSA) is 111 Å². The van der Waals surface area contributed by atoms with Crippen LogP contribution >= 0.6 is 11.8 Å². The molecule has 0 atom stereocenters. The van der Waals surface area contributed by atoms with Crippen molar-refractivity contribution in [3.05, 3.63) is 41.7 Å². The van der Waals surface area contributed by atoms with E-state index >= 15 is 0 Å². The van der Waals surface area contributed by atoms with Gasteiger partial charge in [-0.25, -0.2) is 8.78 Å². The summed E-state index contributed by atoms with van der Waals surface area (Å²) in [6.07, 6.45) is 0. The van der Waals surface area contributed by atoms with E-state index in [-0.39, 0.29) is 17.3 Å². The van der Waals surface area contributed by atoms with Crippen molar-refractivity contribution < 1.29 is 32.4 Å². The Morgan fingerprint density at radius 3 is 2.48 bits per heavy atom. The summed E-state index contributed by atoms with van der Waals surface area (Å²) in [4.78, 5) is 34.8. The van der Waals surface area contributed by atoms with Crippen LogP contribution in [0.3, 0.4) is 0 Å². The molecule has 2 amide bonds. The molecule has 0 saturated heterocycles. The van der Waals surface area contributed by atoms with Gasteiger partial charge in [-0.1, -0.05) is 11.2 Å². The summed E-state index contributed by atoms with van der Waals surface area (Å²) in [5, 5.41) is 8.05. The van der Waals surface area contributed by atoms with Crippen LogP contribution in [0.1, 0.15) is 5.76 Å². The van der Waals surface area contributed by atoms with Gasteiger partial charge in [-0.15, -0.1) is 11.8 Å². The molecule has 1 aromatic carbocycles. The lowest BCUT2D eigenvalue weighted by Gasteiger charge is -2.08. The summed E-state index contributed by atoms with van der Waals surface area (Å²) in [5.41, 5.74) is -0.618. The van der Waals surface area contributed by atoms with Crippen LogP contribution < -0.4 is 10.6 Å². The third kappa shape index (κ3) is 6.70. The molecular weight excluding hydrogens is 384 g/mol. The highest BCUT2D eigenvalue weighted by atomic mass is 32.2. The van der Waals surface area contributed by atoms with Crippen molar-refractivity contribution in [2.45, 2.75) is 6.92 Å². The second-order valence-electron chi connectivity index (χ2n) is 5.17. The van der Waals surface area contributed by atoms with E-state index in [4.69, 9.17) is 4.52 Å². The van der Waals surface area contributed by atoms with E-state index < -0.39 is 41.7 Å². The number of rotatable bonds is 8. The van der Waals surface area contributed by atoms with Gasteiger partial charge >= 0.3 is 5.97 Å². The van der Waals surface area contributed by atoms with Gasteiger partial charge in [0.15, 0.2) is 12.4 Å². The first kappa shape index (κ1) is 20.4. The molecule has 1 aromatic heterocycles. The molecule has 0 fully saturated rings. The van der Waals surface area contributed by atoms with Crippen molar-refractivity contribution in [2.75, 3.05) is 28.7 Å². The molecule has 144 valence electrons. The van der Waals surface area contributed by atoms with Gasteiger partial charge in [0.1, 0.15) is 23.1 Å². The fourth-order valence-electron chi connectivity index (χ4n) is 1.81. The largest absolute Gasteiger partial charge is 0.455 e. The summed E-state index contributed by atoms with van der Waals surface area (Å²) < 4.78 is 36.3. The average Bonchev–Trinajstić information content (AvgIpc) is 3.01. The number of para-hydroxylation sites is 1. The van der Waals surface area contributed by atoms with Crippen molar-refractivity contribution >= 4 is 41.1 Å². The molecule has 0 radical (unpaired) electrons. The average molecular weight is 399 g/mol. The zero-order valence-electron chi connectivity index (χ0n) is 14.1.